The van der Waals surface area contributed by atoms with E-state index in [-0.39, 0.29) is 30.6 Å². The number of hydrogen-bond donors (Lipinski definition) is 0. The van der Waals surface area contributed by atoms with E-state index in [9.17, 15) is 13.2 Å². The van der Waals surface area contributed by atoms with Crippen LogP contribution in [0.4, 0.5) is 19.1 Å². The Bertz CT molecular complexity index is 440. The van der Waals surface area contributed by atoms with Gasteiger partial charge in [0.1, 0.15) is 12.9 Å². The molecule has 2 heterocycles. The normalized spacial score (nSPS) is 21.9. The zero-order valence-electron chi connectivity index (χ0n) is 12.0. The minimum Gasteiger partial charge on any atom is -0.372 e. The average molecular weight is 420 g/mol. The highest BCUT2D eigenvalue weighted by atomic mass is 127. The zero-order valence-corrected chi connectivity index (χ0v) is 14.3. The van der Waals surface area contributed by atoms with E-state index in [4.69, 9.17) is 0 Å². The summed E-state index contributed by atoms with van der Waals surface area (Å²) < 4.78 is 42.3. The van der Waals surface area contributed by atoms with Gasteiger partial charge in [-0.3, -0.25) is 0 Å². The number of rotatable bonds is 5. The smallest absolute Gasteiger partial charge is 0.372 e. The number of aromatic nitrogens is 3. The number of ether oxygens (including phenoxy) is 1. The van der Waals surface area contributed by atoms with Gasteiger partial charge in [0.2, 0.25) is 5.95 Å². The summed E-state index contributed by atoms with van der Waals surface area (Å²) in [7, 11) is 0. The third-order valence-electron chi connectivity index (χ3n) is 3.40. The average Bonchev–Trinajstić information content (AvgIpc) is 2.80. The third-order valence-corrected chi connectivity index (χ3v) is 3.40. The zero-order chi connectivity index (χ0) is 14.8. The molecule has 5 nitrogen and oxygen atoms in total. The molecule has 0 amide bonds. The fraction of sp³-hybridized carbons (Fsp3) is 0.833. The molecule has 0 spiro atoms. The van der Waals surface area contributed by atoms with E-state index in [2.05, 4.69) is 33.6 Å². The number of fused-ring (bicyclic) bond motifs is 1. The van der Waals surface area contributed by atoms with Crippen molar-refractivity contribution in [3.63, 3.8) is 0 Å². The lowest BCUT2D eigenvalue weighted by Crippen LogP contribution is -2.42. The molecule has 1 aliphatic rings. The molecule has 0 aliphatic carbocycles. The number of halogens is 4. The fourth-order valence-electron chi connectivity index (χ4n) is 2.52. The predicted octanol–water partition coefficient (Wildman–Crippen LogP) is 3.02. The summed E-state index contributed by atoms with van der Waals surface area (Å²) in [4.78, 5) is 6.31. The molecule has 0 N–H and O–H groups in total. The van der Waals surface area contributed by atoms with Gasteiger partial charge in [0.05, 0.1) is 6.04 Å². The highest BCUT2D eigenvalue weighted by Crippen LogP contribution is 2.29. The standard InChI is InChI=1S/C12H19F3N4O.HI/c1-9-6-10(2)19-11(16-8-17-19)18(9)4-3-5-20-7-12(13,14)15;/h8-10H,3-7H2,1-2H3;1H/t9-,10+;/m1./s1. The van der Waals surface area contributed by atoms with Crippen LogP contribution in [-0.2, 0) is 4.74 Å². The quantitative estimate of drug-likeness (QED) is 0.543. The van der Waals surface area contributed by atoms with Crippen molar-refractivity contribution in [3.8, 4) is 0 Å². The molecule has 9 heteroatoms. The van der Waals surface area contributed by atoms with E-state index in [1.165, 1.54) is 6.33 Å². The largest absolute Gasteiger partial charge is 0.411 e. The van der Waals surface area contributed by atoms with Gasteiger partial charge in [0.15, 0.2) is 0 Å². The van der Waals surface area contributed by atoms with Crippen LogP contribution in [0.1, 0.15) is 32.7 Å². The molecule has 21 heavy (non-hydrogen) atoms. The van der Waals surface area contributed by atoms with E-state index >= 15 is 0 Å². The lowest BCUT2D eigenvalue weighted by Gasteiger charge is -2.37. The van der Waals surface area contributed by atoms with Crippen LogP contribution in [0, 0.1) is 0 Å². The van der Waals surface area contributed by atoms with Crippen molar-refractivity contribution in [3.05, 3.63) is 6.33 Å². The maximum absolute atomic E-state index is 11.9. The summed E-state index contributed by atoms with van der Waals surface area (Å²) in [6, 6.07) is 0.588. The summed E-state index contributed by atoms with van der Waals surface area (Å²) in [5.41, 5.74) is 0. The Labute approximate surface area is 138 Å². The van der Waals surface area contributed by atoms with Crippen LogP contribution in [0.25, 0.3) is 0 Å². The fourth-order valence-corrected chi connectivity index (χ4v) is 2.52. The molecule has 1 aromatic heterocycles. The van der Waals surface area contributed by atoms with Crippen molar-refractivity contribution >= 4 is 29.9 Å². The van der Waals surface area contributed by atoms with Crippen LogP contribution in [0.5, 0.6) is 0 Å². The second-order valence-corrected chi connectivity index (χ2v) is 5.15. The second kappa shape index (κ2) is 7.61. The molecule has 0 saturated heterocycles. The molecule has 0 bridgehead atoms. The Kier molecular flexibility index (Phi) is 6.70. The van der Waals surface area contributed by atoms with Gasteiger partial charge >= 0.3 is 6.18 Å². The first-order valence-corrected chi connectivity index (χ1v) is 6.69. The van der Waals surface area contributed by atoms with E-state index in [0.717, 1.165) is 12.4 Å². The third kappa shape index (κ3) is 4.97. The van der Waals surface area contributed by atoms with Crippen LogP contribution in [0.3, 0.4) is 0 Å². The van der Waals surface area contributed by atoms with Crippen molar-refractivity contribution in [1.82, 2.24) is 14.8 Å². The van der Waals surface area contributed by atoms with Crippen LogP contribution >= 0.6 is 24.0 Å². The first-order chi connectivity index (χ1) is 9.38. The molecule has 122 valence electrons. The molecule has 0 saturated carbocycles. The molecule has 0 aromatic carbocycles. The van der Waals surface area contributed by atoms with Gasteiger partial charge in [-0.2, -0.15) is 23.3 Å². The van der Waals surface area contributed by atoms with Gasteiger partial charge in [0, 0.05) is 19.2 Å². The molecule has 0 radical (unpaired) electrons. The molecule has 0 fully saturated rings. The Morgan fingerprint density at radius 1 is 1.33 bits per heavy atom. The molecule has 1 aromatic rings. The number of anilines is 1. The van der Waals surface area contributed by atoms with Gasteiger partial charge in [0.25, 0.3) is 0 Å². The summed E-state index contributed by atoms with van der Waals surface area (Å²) in [6.07, 6.45) is -1.27. The molecular formula is C12H20F3IN4O. The van der Waals surface area contributed by atoms with Gasteiger partial charge in [-0.1, -0.05) is 0 Å². The molecule has 0 unspecified atom stereocenters. The highest BCUT2D eigenvalue weighted by molar-refractivity contribution is 14.0. The number of hydrogen-bond acceptors (Lipinski definition) is 4. The van der Waals surface area contributed by atoms with Crippen molar-refractivity contribution < 1.29 is 17.9 Å². The minimum absolute atomic E-state index is 0. The lowest BCUT2D eigenvalue weighted by molar-refractivity contribution is -0.173. The summed E-state index contributed by atoms with van der Waals surface area (Å²) in [5.74, 6) is 0.784. The molecular weight excluding hydrogens is 400 g/mol. The maximum atomic E-state index is 11.9. The monoisotopic (exact) mass is 420 g/mol. The van der Waals surface area contributed by atoms with Gasteiger partial charge < -0.3 is 9.64 Å². The Balaban J connectivity index is 0.00000220. The van der Waals surface area contributed by atoms with Gasteiger partial charge in [-0.05, 0) is 26.7 Å². The van der Waals surface area contributed by atoms with Crippen molar-refractivity contribution in [1.29, 1.82) is 0 Å². The van der Waals surface area contributed by atoms with E-state index in [0.29, 0.717) is 25.0 Å². The van der Waals surface area contributed by atoms with Crippen LogP contribution in [0.15, 0.2) is 6.33 Å². The van der Waals surface area contributed by atoms with Crippen LogP contribution in [-0.4, -0.2) is 46.7 Å². The maximum Gasteiger partial charge on any atom is 0.411 e. The number of alkyl halides is 3. The molecule has 1 aliphatic heterocycles. The summed E-state index contributed by atoms with van der Waals surface area (Å²) >= 11 is 0. The van der Waals surface area contributed by atoms with Gasteiger partial charge in [-0.25, -0.2) is 4.68 Å². The molecule has 2 atom stereocenters. The van der Waals surface area contributed by atoms with Crippen molar-refractivity contribution in [2.24, 2.45) is 0 Å². The van der Waals surface area contributed by atoms with Crippen LogP contribution < -0.4 is 4.90 Å². The van der Waals surface area contributed by atoms with Crippen molar-refractivity contribution in [2.75, 3.05) is 24.7 Å². The second-order valence-electron chi connectivity index (χ2n) is 5.15. The first kappa shape index (κ1) is 18.5. The molecule has 2 rings (SSSR count). The van der Waals surface area contributed by atoms with E-state index in [1.807, 2.05) is 4.68 Å². The minimum atomic E-state index is -4.26. The summed E-state index contributed by atoms with van der Waals surface area (Å²) in [5, 5.41) is 4.18. The van der Waals surface area contributed by atoms with Gasteiger partial charge in [-0.15, -0.1) is 24.0 Å². The SMILES string of the molecule is C[C@@H]1C[C@H](C)n2ncnc2N1CCCOCC(F)(F)F.I. The first-order valence-electron chi connectivity index (χ1n) is 6.69. The van der Waals surface area contributed by atoms with E-state index in [1.54, 1.807) is 0 Å². The van der Waals surface area contributed by atoms with Crippen LogP contribution in [0.2, 0.25) is 0 Å². The topological polar surface area (TPSA) is 43.2 Å². The highest BCUT2D eigenvalue weighted by Gasteiger charge is 2.29. The Hall–Kier alpha value is -0.580. The van der Waals surface area contributed by atoms with Crippen molar-refractivity contribution in [2.45, 2.75) is 44.9 Å². The van der Waals surface area contributed by atoms with E-state index < -0.39 is 12.8 Å². The predicted molar refractivity (Wildman–Crippen MR) is 83.1 cm³/mol. The Morgan fingerprint density at radius 3 is 2.71 bits per heavy atom. The Morgan fingerprint density at radius 2 is 2.05 bits per heavy atom. The number of nitrogens with zero attached hydrogens (tertiary/aromatic N) is 4. The summed E-state index contributed by atoms with van der Waals surface area (Å²) in [6.45, 7) is 3.69. The lowest BCUT2D eigenvalue weighted by atomic mass is 10.1.